The van der Waals surface area contributed by atoms with Crippen molar-refractivity contribution in [2.24, 2.45) is 10.9 Å². The number of hydrogen-bond donors (Lipinski definition) is 1. The summed E-state index contributed by atoms with van der Waals surface area (Å²) < 4.78 is 1.47. The maximum Gasteiger partial charge on any atom is 0.134 e. The standard InChI is InChI=1S/C18H20N4S2/c1-12-14-4-5-18(3,23)10-21-15(14)8-17(12)24-13(2)16(9-19)22-7-6-20-11-22/h4-7,10-12,17,23H,8H2,1-3H3/b16-13-. The molecule has 0 saturated heterocycles. The van der Waals surface area contributed by atoms with Gasteiger partial charge in [0.2, 0.25) is 0 Å². The van der Waals surface area contributed by atoms with E-state index in [0.29, 0.717) is 16.9 Å². The second kappa shape index (κ2) is 6.66. The molecule has 1 aromatic rings. The highest BCUT2D eigenvalue weighted by atomic mass is 32.2. The Labute approximate surface area is 152 Å². The molecule has 1 aliphatic heterocycles. The van der Waals surface area contributed by atoms with Crippen molar-refractivity contribution in [2.45, 2.75) is 37.2 Å². The maximum absolute atomic E-state index is 9.49. The molecule has 0 N–H and O–H groups in total. The third kappa shape index (κ3) is 3.38. The number of nitrogens with zero attached hydrogens (tertiary/aromatic N) is 4. The highest BCUT2D eigenvalue weighted by molar-refractivity contribution is 8.03. The van der Waals surface area contributed by atoms with Crippen LogP contribution in [-0.4, -0.2) is 25.8 Å². The normalized spacial score (nSPS) is 30.0. The minimum Gasteiger partial charge on any atom is -0.296 e. The molecule has 0 fully saturated rings. The molecular weight excluding hydrogens is 336 g/mol. The van der Waals surface area contributed by atoms with Crippen molar-refractivity contribution in [3.63, 3.8) is 0 Å². The second-order valence-corrected chi connectivity index (χ2v) is 8.77. The zero-order chi connectivity index (χ0) is 17.3. The van der Waals surface area contributed by atoms with Gasteiger partial charge in [-0.1, -0.05) is 19.1 Å². The highest BCUT2D eigenvalue weighted by Crippen LogP contribution is 2.44. The molecular formula is C18H20N4S2. The van der Waals surface area contributed by atoms with Crippen LogP contribution in [0.15, 0.2) is 52.0 Å². The van der Waals surface area contributed by atoms with Crippen molar-refractivity contribution >= 4 is 36.3 Å². The zero-order valence-corrected chi connectivity index (χ0v) is 15.7. The monoisotopic (exact) mass is 356 g/mol. The molecule has 4 nitrogen and oxygen atoms in total. The van der Waals surface area contributed by atoms with Crippen LogP contribution < -0.4 is 0 Å². The Kier molecular flexibility index (Phi) is 4.75. The number of hydrogen-bond acceptors (Lipinski definition) is 5. The maximum atomic E-state index is 9.49. The van der Waals surface area contributed by atoms with Crippen LogP contribution in [0.5, 0.6) is 0 Å². The summed E-state index contributed by atoms with van der Waals surface area (Å²) in [6.07, 6.45) is 12.2. The molecule has 1 aliphatic carbocycles. The average molecular weight is 357 g/mol. The average Bonchev–Trinajstić information content (AvgIpc) is 3.11. The summed E-state index contributed by atoms with van der Waals surface area (Å²) in [5.74, 6) is 0.387. The number of aromatic nitrogens is 2. The van der Waals surface area contributed by atoms with Gasteiger partial charge in [-0.2, -0.15) is 17.9 Å². The van der Waals surface area contributed by atoms with Crippen LogP contribution in [-0.2, 0) is 0 Å². The lowest BCUT2D eigenvalue weighted by molar-refractivity contribution is 0.698. The van der Waals surface area contributed by atoms with E-state index in [1.807, 2.05) is 20.1 Å². The summed E-state index contributed by atoms with van der Waals surface area (Å²) in [5, 5.41) is 9.87. The molecule has 3 rings (SSSR count). The fourth-order valence-electron chi connectivity index (χ4n) is 2.97. The zero-order valence-electron chi connectivity index (χ0n) is 14.0. The lowest BCUT2D eigenvalue weighted by Gasteiger charge is -2.19. The number of rotatable bonds is 3. The first-order chi connectivity index (χ1) is 11.4. The van der Waals surface area contributed by atoms with Gasteiger partial charge in [0.05, 0.1) is 11.1 Å². The van der Waals surface area contributed by atoms with E-state index in [4.69, 9.17) is 0 Å². The SMILES string of the molecule is C/C(SC1CC2=C(C=CC(C)(S)C=N2)C1C)=C(\C#N)n1ccnc1. The summed E-state index contributed by atoms with van der Waals surface area (Å²) in [5.41, 5.74) is 3.06. The van der Waals surface area contributed by atoms with Crippen LogP contribution in [0, 0.1) is 17.2 Å². The van der Waals surface area contributed by atoms with Gasteiger partial charge in [-0.15, -0.1) is 11.8 Å². The summed E-state index contributed by atoms with van der Waals surface area (Å²) in [7, 11) is 0. The van der Waals surface area contributed by atoms with Crippen LogP contribution in [0.3, 0.4) is 0 Å². The Morgan fingerprint density at radius 2 is 2.33 bits per heavy atom. The first-order valence-corrected chi connectivity index (χ1v) is 9.20. The fourth-order valence-corrected chi connectivity index (χ4v) is 4.41. The number of nitriles is 1. The van der Waals surface area contributed by atoms with Gasteiger partial charge in [-0.3, -0.25) is 9.56 Å². The molecule has 3 atom stereocenters. The minimum atomic E-state index is -0.294. The van der Waals surface area contributed by atoms with E-state index in [1.165, 1.54) is 5.57 Å². The smallest absolute Gasteiger partial charge is 0.134 e. The van der Waals surface area contributed by atoms with E-state index in [9.17, 15) is 5.26 Å². The van der Waals surface area contributed by atoms with Crippen molar-refractivity contribution in [1.82, 2.24) is 9.55 Å². The number of thiol groups is 1. The van der Waals surface area contributed by atoms with Gasteiger partial charge in [-0.25, -0.2) is 4.98 Å². The Morgan fingerprint density at radius 1 is 1.54 bits per heavy atom. The highest BCUT2D eigenvalue weighted by Gasteiger charge is 2.33. The predicted molar refractivity (Wildman–Crippen MR) is 104 cm³/mol. The molecule has 2 heterocycles. The van der Waals surface area contributed by atoms with Crippen LogP contribution in [0.2, 0.25) is 0 Å². The van der Waals surface area contributed by atoms with Crippen molar-refractivity contribution in [3.8, 4) is 6.07 Å². The Hall–Kier alpha value is -1.71. The van der Waals surface area contributed by atoms with Gasteiger partial charge >= 0.3 is 0 Å². The summed E-state index contributed by atoms with van der Waals surface area (Å²) in [4.78, 5) is 9.71. The largest absolute Gasteiger partial charge is 0.296 e. The quantitative estimate of drug-likeness (QED) is 0.648. The molecule has 0 amide bonds. The molecule has 1 aromatic heterocycles. The van der Waals surface area contributed by atoms with Gasteiger partial charge in [-0.05, 0) is 25.3 Å². The lowest BCUT2D eigenvalue weighted by atomic mass is 10.0. The molecule has 0 radical (unpaired) electrons. The van der Waals surface area contributed by atoms with Crippen molar-refractivity contribution in [3.05, 3.63) is 47.0 Å². The van der Waals surface area contributed by atoms with E-state index in [-0.39, 0.29) is 4.75 Å². The molecule has 2 aliphatic rings. The molecule has 0 saturated carbocycles. The van der Waals surface area contributed by atoms with Gasteiger partial charge in [0, 0.05) is 40.9 Å². The van der Waals surface area contributed by atoms with E-state index in [0.717, 1.165) is 17.0 Å². The molecule has 24 heavy (non-hydrogen) atoms. The Balaban J connectivity index is 1.80. The van der Waals surface area contributed by atoms with Crippen LogP contribution in [0.4, 0.5) is 0 Å². The number of allylic oxidation sites excluding steroid dienone is 5. The second-order valence-electron chi connectivity index (χ2n) is 6.36. The molecule has 124 valence electrons. The van der Waals surface area contributed by atoms with E-state index >= 15 is 0 Å². The van der Waals surface area contributed by atoms with Crippen LogP contribution >= 0.6 is 24.4 Å². The molecule has 0 spiro atoms. The Morgan fingerprint density at radius 3 is 3.00 bits per heavy atom. The first-order valence-electron chi connectivity index (χ1n) is 7.87. The molecule has 3 unspecified atom stereocenters. The van der Waals surface area contributed by atoms with Crippen molar-refractivity contribution in [2.75, 3.05) is 0 Å². The third-order valence-electron chi connectivity index (χ3n) is 4.39. The van der Waals surface area contributed by atoms with Gasteiger partial charge < -0.3 is 0 Å². The fraction of sp³-hybridized carbons (Fsp3) is 0.389. The van der Waals surface area contributed by atoms with Crippen LogP contribution in [0.25, 0.3) is 5.70 Å². The summed E-state index contributed by atoms with van der Waals surface area (Å²) in [6, 6.07) is 2.29. The number of aliphatic imine (C=N–C) groups is 1. The Bertz CT molecular complexity index is 791. The topological polar surface area (TPSA) is 54.0 Å². The lowest BCUT2D eigenvalue weighted by Crippen LogP contribution is -2.15. The van der Waals surface area contributed by atoms with Crippen molar-refractivity contribution < 1.29 is 0 Å². The molecule has 0 aromatic carbocycles. The molecule has 0 bridgehead atoms. The number of thioether (sulfide) groups is 1. The van der Waals surface area contributed by atoms with E-state index in [1.54, 1.807) is 35.0 Å². The minimum absolute atomic E-state index is 0.294. The van der Waals surface area contributed by atoms with Gasteiger partial charge in [0.25, 0.3) is 0 Å². The van der Waals surface area contributed by atoms with E-state index < -0.39 is 0 Å². The van der Waals surface area contributed by atoms with E-state index in [2.05, 4.69) is 47.8 Å². The number of imidazole rings is 1. The summed E-state index contributed by atoms with van der Waals surface area (Å²) in [6.45, 7) is 6.27. The predicted octanol–water partition coefficient (Wildman–Crippen LogP) is 4.32. The van der Waals surface area contributed by atoms with Gasteiger partial charge in [0.15, 0.2) is 0 Å². The summed E-state index contributed by atoms with van der Waals surface area (Å²) >= 11 is 6.35. The van der Waals surface area contributed by atoms with Crippen molar-refractivity contribution in [1.29, 1.82) is 5.26 Å². The third-order valence-corrected chi connectivity index (χ3v) is 6.08. The molecule has 6 heteroatoms. The first kappa shape index (κ1) is 17.1. The van der Waals surface area contributed by atoms with Gasteiger partial charge in [0.1, 0.15) is 11.8 Å². The van der Waals surface area contributed by atoms with Crippen LogP contribution in [0.1, 0.15) is 27.2 Å².